The number of pyridine rings is 1. The SMILES string of the molecule is COCCNc1nc(C)ccc1C(=O)O. The number of anilines is 1. The van der Waals surface area contributed by atoms with Crippen LogP contribution in [0.4, 0.5) is 5.82 Å². The van der Waals surface area contributed by atoms with Crippen LogP contribution in [-0.2, 0) is 4.74 Å². The molecule has 0 amide bonds. The van der Waals surface area contributed by atoms with Crippen LogP contribution in [0, 0.1) is 6.92 Å². The van der Waals surface area contributed by atoms with E-state index < -0.39 is 5.97 Å². The maximum atomic E-state index is 10.9. The Morgan fingerprint density at radius 1 is 1.60 bits per heavy atom. The number of methoxy groups -OCH3 is 1. The molecule has 0 spiro atoms. The second-order valence-corrected chi connectivity index (χ2v) is 3.07. The van der Waals surface area contributed by atoms with Gasteiger partial charge in [-0.25, -0.2) is 9.78 Å². The van der Waals surface area contributed by atoms with Gasteiger partial charge in [0.1, 0.15) is 11.4 Å². The predicted octanol–water partition coefficient (Wildman–Crippen LogP) is 1.15. The Bertz CT molecular complexity index is 353. The summed E-state index contributed by atoms with van der Waals surface area (Å²) in [7, 11) is 1.59. The molecule has 1 heterocycles. The van der Waals surface area contributed by atoms with Crippen LogP contribution in [0.5, 0.6) is 0 Å². The Hall–Kier alpha value is -1.62. The average Bonchev–Trinajstić information content (AvgIpc) is 2.18. The average molecular weight is 210 g/mol. The fraction of sp³-hybridized carbons (Fsp3) is 0.400. The number of carboxylic acids is 1. The number of aryl methyl sites for hydroxylation is 1. The molecule has 0 unspecified atom stereocenters. The van der Waals surface area contributed by atoms with Crippen molar-refractivity contribution in [2.24, 2.45) is 0 Å². The second kappa shape index (κ2) is 5.31. The minimum Gasteiger partial charge on any atom is -0.478 e. The van der Waals surface area contributed by atoms with E-state index in [1.807, 2.05) is 6.92 Å². The highest BCUT2D eigenvalue weighted by Gasteiger charge is 2.10. The highest BCUT2D eigenvalue weighted by molar-refractivity contribution is 5.93. The molecule has 2 N–H and O–H groups in total. The van der Waals surface area contributed by atoms with E-state index >= 15 is 0 Å². The molecule has 0 bridgehead atoms. The number of hydrogen-bond acceptors (Lipinski definition) is 4. The van der Waals surface area contributed by atoms with Gasteiger partial charge in [-0.2, -0.15) is 0 Å². The van der Waals surface area contributed by atoms with Gasteiger partial charge in [0, 0.05) is 19.3 Å². The van der Waals surface area contributed by atoms with Gasteiger partial charge in [0.05, 0.1) is 6.61 Å². The van der Waals surface area contributed by atoms with Crippen LogP contribution in [-0.4, -0.2) is 36.3 Å². The van der Waals surface area contributed by atoms with E-state index in [4.69, 9.17) is 9.84 Å². The summed E-state index contributed by atoms with van der Waals surface area (Å²) in [4.78, 5) is 15.0. The summed E-state index contributed by atoms with van der Waals surface area (Å²) in [5.41, 5.74) is 0.955. The van der Waals surface area contributed by atoms with Gasteiger partial charge in [0.15, 0.2) is 0 Å². The summed E-state index contributed by atoms with van der Waals surface area (Å²) in [6, 6.07) is 3.21. The molecular weight excluding hydrogens is 196 g/mol. The lowest BCUT2D eigenvalue weighted by Gasteiger charge is -2.08. The van der Waals surface area contributed by atoms with Gasteiger partial charge in [-0.15, -0.1) is 0 Å². The molecule has 15 heavy (non-hydrogen) atoms. The Morgan fingerprint density at radius 2 is 2.33 bits per heavy atom. The first-order valence-corrected chi connectivity index (χ1v) is 4.59. The zero-order valence-corrected chi connectivity index (χ0v) is 8.78. The van der Waals surface area contributed by atoms with Crippen molar-refractivity contribution in [3.8, 4) is 0 Å². The maximum Gasteiger partial charge on any atom is 0.339 e. The van der Waals surface area contributed by atoms with Crippen LogP contribution >= 0.6 is 0 Å². The Morgan fingerprint density at radius 3 is 2.93 bits per heavy atom. The molecule has 0 saturated heterocycles. The molecule has 5 nitrogen and oxygen atoms in total. The molecule has 0 aliphatic heterocycles. The summed E-state index contributed by atoms with van der Waals surface area (Å²) in [5, 5.41) is 11.8. The van der Waals surface area contributed by atoms with Gasteiger partial charge in [0.25, 0.3) is 0 Å². The summed E-state index contributed by atoms with van der Waals surface area (Å²) in [6.07, 6.45) is 0. The van der Waals surface area contributed by atoms with E-state index in [9.17, 15) is 4.79 Å². The van der Waals surface area contributed by atoms with Crippen molar-refractivity contribution in [2.75, 3.05) is 25.6 Å². The molecule has 5 heteroatoms. The molecule has 0 fully saturated rings. The molecule has 82 valence electrons. The number of nitrogens with one attached hydrogen (secondary N) is 1. The molecular formula is C10H14N2O3. The molecule has 1 aromatic rings. The predicted molar refractivity (Wildman–Crippen MR) is 56.3 cm³/mol. The van der Waals surface area contributed by atoms with Crippen molar-refractivity contribution in [3.63, 3.8) is 0 Å². The number of aromatic nitrogens is 1. The zero-order valence-electron chi connectivity index (χ0n) is 8.78. The molecule has 0 saturated carbocycles. The molecule has 1 rings (SSSR count). The Kier molecular flexibility index (Phi) is 4.05. The van der Waals surface area contributed by atoms with Crippen LogP contribution in [0.3, 0.4) is 0 Å². The van der Waals surface area contributed by atoms with E-state index in [0.29, 0.717) is 19.0 Å². The maximum absolute atomic E-state index is 10.9. The van der Waals surface area contributed by atoms with Crippen molar-refractivity contribution >= 4 is 11.8 Å². The van der Waals surface area contributed by atoms with Crippen molar-refractivity contribution in [1.29, 1.82) is 0 Å². The molecule has 0 atom stereocenters. The van der Waals surface area contributed by atoms with Crippen molar-refractivity contribution in [3.05, 3.63) is 23.4 Å². The number of aromatic carboxylic acids is 1. The van der Waals surface area contributed by atoms with E-state index in [1.165, 1.54) is 0 Å². The van der Waals surface area contributed by atoms with Crippen LogP contribution in [0.1, 0.15) is 16.1 Å². The fourth-order valence-corrected chi connectivity index (χ4v) is 1.14. The minimum absolute atomic E-state index is 0.178. The first-order chi connectivity index (χ1) is 7.15. The van der Waals surface area contributed by atoms with Crippen molar-refractivity contribution in [1.82, 2.24) is 4.98 Å². The number of carbonyl (C=O) groups is 1. The monoisotopic (exact) mass is 210 g/mol. The molecule has 0 aromatic carbocycles. The zero-order chi connectivity index (χ0) is 11.3. The van der Waals surface area contributed by atoms with E-state index in [-0.39, 0.29) is 5.56 Å². The lowest BCUT2D eigenvalue weighted by Crippen LogP contribution is -2.13. The van der Waals surface area contributed by atoms with Gasteiger partial charge in [-0.3, -0.25) is 0 Å². The Labute approximate surface area is 88.1 Å². The standard InChI is InChI=1S/C10H14N2O3/c1-7-3-4-8(10(13)14)9(12-7)11-5-6-15-2/h3-4H,5-6H2,1-2H3,(H,11,12)(H,13,14). The summed E-state index contributed by atoms with van der Waals surface area (Å²) in [6.45, 7) is 2.86. The molecule has 1 aromatic heterocycles. The highest BCUT2D eigenvalue weighted by atomic mass is 16.5. The molecule has 0 aliphatic carbocycles. The first kappa shape index (κ1) is 11.5. The number of nitrogens with zero attached hydrogens (tertiary/aromatic N) is 1. The summed E-state index contributed by atoms with van der Waals surface area (Å²) >= 11 is 0. The van der Waals surface area contributed by atoms with Gasteiger partial charge in [-0.1, -0.05) is 0 Å². The smallest absolute Gasteiger partial charge is 0.339 e. The molecule has 0 aliphatic rings. The van der Waals surface area contributed by atoms with Crippen molar-refractivity contribution < 1.29 is 14.6 Å². The topological polar surface area (TPSA) is 71.5 Å². The van der Waals surface area contributed by atoms with E-state index in [1.54, 1.807) is 19.2 Å². The lowest BCUT2D eigenvalue weighted by molar-refractivity contribution is 0.0697. The lowest BCUT2D eigenvalue weighted by atomic mass is 10.2. The number of rotatable bonds is 5. The minimum atomic E-state index is -0.984. The number of carboxylic acid groups (broad SMARTS) is 1. The third-order valence-electron chi connectivity index (χ3n) is 1.86. The number of ether oxygens (including phenoxy) is 1. The number of hydrogen-bond donors (Lipinski definition) is 2. The van der Waals surface area contributed by atoms with Gasteiger partial charge in [-0.05, 0) is 19.1 Å². The van der Waals surface area contributed by atoms with Gasteiger partial charge < -0.3 is 15.2 Å². The first-order valence-electron chi connectivity index (χ1n) is 4.59. The third kappa shape index (κ3) is 3.21. The largest absolute Gasteiger partial charge is 0.478 e. The second-order valence-electron chi connectivity index (χ2n) is 3.07. The molecule has 0 radical (unpaired) electrons. The van der Waals surface area contributed by atoms with Crippen LogP contribution in [0.2, 0.25) is 0 Å². The van der Waals surface area contributed by atoms with Crippen LogP contribution < -0.4 is 5.32 Å². The summed E-state index contributed by atoms with van der Waals surface area (Å²) in [5.74, 6) is -0.595. The fourth-order valence-electron chi connectivity index (χ4n) is 1.14. The highest BCUT2D eigenvalue weighted by Crippen LogP contribution is 2.12. The van der Waals surface area contributed by atoms with Crippen LogP contribution in [0.15, 0.2) is 12.1 Å². The van der Waals surface area contributed by atoms with Crippen LogP contribution in [0.25, 0.3) is 0 Å². The van der Waals surface area contributed by atoms with E-state index in [0.717, 1.165) is 5.69 Å². The van der Waals surface area contributed by atoms with Gasteiger partial charge >= 0.3 is 5.97 Å². The quantitative estimate of drug-likeness (QED) is 0.713. The van der Waals surface area contributed by atoms with Crippen molar-refractivity contribution in [2.45, 2.75) is 6.92 Å². The third-order valence-corrected chi connectivity index (χ3v) is 1.86. The van der Waals surface area contributed by atoms with Gasteiger partial charge in [0.2, 0.25) is 0 Å². The van der Waals surface area contributed by atoms with E-state index in [2.05, 4.69) is 10.3 Å². The summed E-state index contributed by atoms with van der Waals surface area (Å²) < 4.78 is 4.86. The normalized spacial score (nSPS) is 10.0. The Balaban J connectivity index is 2.82.